The standard InChI is InChI=1S/C9H16N4O4S/c1-16-7-6-8(17-2)12-9(11-7)13-18(14,15)5-3-4-10/h6H,3-5,10H2,1-2H3,(H,11,12,13). The smallest absolute Gasteiger partial charge is 0.243 e. The predicted molar refractivity (Wildman–Crippen MR) is 66.2 cm³/mol. The Morgan fingerprint density at radius 3 is 2.28 bits per heavy atom. The Kier molecular flexibility index (Phi) is 5.10. The number of aromatic nitrogens is 2. The van der Waals surface area contributed by atoms with Crippen molar-refractivity contribution in [3.8, 4) is 11.8 Å². The second-order valence-electron chi connectivity index (χ2n) is 3.34. The number of ether oxygens (including phenoxy) is 2. The lowest BCUT2D eigenvalue weighted by atomic mass is 10.5. The van der Waals surface area contributed by atoms with Gasteiger partial charge in [-0.05, 0) is 13.0 Å². The summed E-state index contributed by atoms with van der Waals surface area (Å²) in [6.07, 6.45) is 0.358. The highest BCUT2D eigenvalue weighted by Crippen LogP contribution is 2.17. The van der Waals surface area contributed by atoms with Crippen molar-refractivity contribution in [2.45, 2.75) is 6.42 Å². The number of sulfonamides is 1. The lowest BCUT2D eigenvalue weighted by Crippen LogP contribution is -2.20. The minimum absolute atomic E-state index is 0.0909. The van der Waals surface area contributed by atoms with Gasteiger partial charge in [0.15, 0.2) is 0 Å². The van der Waals surface area contributed by atoms with Crippen molar-refractivity contribution in [2.75, 3.05) is 31.2 Å². The van der Waals surface area contributed by atoms with Crippen LogP contribution < -0.4 is 19.9 Å². The molecule has 0 aliphatic carbocycles. The highest BCUT2D eigenvalue weighted by Gasteiger charge is 2.13. The molecular formula is C9H16N4O4S. The topological polar surface area (TPSA) is 116 Å². The van der Waals surface area contributed by atoms with Crippen LogP contribution in [-0.4, -0.2) is 44.9 Å². The molecule has 0 atom stereocenters. The van der Waals surface area contributed by atoms with E-state index >= 15 is 0 Å². The molecule has 18 heavy (non-hydrogen) atoms. The maximum absolute atomic E-state index is 11.6. The molecule has 1 aromatic heterocycles. The van der Waals surface area contributed by atoms with Crippen LogP contribution in [0.2, 0.25) is 0 Å². The van der Waals surface area contributed by atoms with Crippen LogP contribution in [-0.2, 0) is 10.0 Å². The molecule has 0 unspecified atom stereocenters. The van der Waals surface area contributed by atoms with E-state index in [1.807, 2.05) is 0 Å². The minimum atomic E-state index is -3.51. The van der Waals surface area contributed by atoms with Crippen molar-refractivity contribution in [3.05, 3.63) is 6.07 Å². The summed E-state index contributed by atoms with van der Waals surface area (Å²) in [5.41, 5.74) is 5.26. The first-order valence-electron chi connectivity index (χ1n) is 5.18. The van der Waals surface area contributed by atoms with Gasteiger partial charge in [0, 0.05) is 0 Å². The second kappa shape index (κ2) is 6.36. The van der Waals surface area contributed by atoms with Crippen LogP contribution in [0.3, 0.4) is 0 Å². The molecular weight excluding hydrogens is 260 g/mol. The fourth-order valence-electron chi connectivity index (χ4n) is 1.12. The molecule has 1 rings (SSSR count). The third-order valence-corrected chi connectivity index (χ3v) is 3.28. The molecule has 0 saturated heterocycles. The van der Waals surface area contributed by atoms with E-state index in [0.29, 0.717) is 13.0 Å². The maximum atomic E-state index is 11.6. The van der Waals surface area contributed by atoms with Crippen molar-refractivity contribution in [3.63, 3.8) is 0 Å². The third kappa shape index (κ3) is 4.34. The highest BCUT2D eigenvalue weighted by atomic mass is 32.2. The Labute approximate surface area is 106 Å². The summed E-state index contributed by atoms with van der Waals surface area (Å²) in [5.74, 6) is 0.229. The number of methoxy groups -OCH3 is 2. The number of rotatable bonds is 7. The molecule has 102 valence electrons. The molecule has 0 aliphatic heterocycles. The number of hydrogen-bond donors (Lipinski definition) is 2. The molecule has 8 nitrogen and oxygen atoms in total. The van der Waals surface area contributed by atoms with Crippen LogP contribution in [0.1, 0.15) is 6.42 Å². The Morgan fingerprint density at radius 2 is 1.83 bits per heavy atom. The average Bonchev–Trinajstić information content (AvgIpc) is 2.35. The molecule has 0 bridgehead atoms. The zero-order chi connectivity index (χ0) is 13.6. The van der Waals surface area contributed by atoms with E-state index in [1.165, 1.54) is 20.3 Å². The monoisotopic (exact) mass is 276 g/mol. The molecule has 1 heterocycles. The Morgan fingerprint density at radius 1 is 1.28 bits per heavy atom. The van der Waals surface area contributed by atoms with Crippen LogP contribution in [0.15, 0.2) is 6.07 Å². The molecule has 0 spiro atoms. The van der Waals surface area contributed by atoms with Gasteiger partial charge < -0.3 is 15.2 Å². The van der Waals surface area contributed by atoms with E-state index in [-0.39, 0.29) is 23.5 Å². The molecule has 3 N–H and O–H groups in total. The molecule has 0 radical (unpaired) electrons. The zero-order valence-electron chi connectivity index (χ0n) is 10.2. The lowest BCUT2D eigenvalue weighted by Gasteiger charge is -2.08. The van der Waals surface area contributed by atoms with Crippen LogP contribution in [0.5, 0.6) is 11.8 Å². The summed E-state index contributed by atoms with van der Waals surface area (Å²) in [7, 11) is -0.690. The third-order valence-electron chi connectivity index (χ3n) is 1.96. The van der Waals surface area contributed by atoms with Gasteiger partial charge in [0.25, 0.3) is 0 Å². The number of anilines is 1. The van der Waals surface area contributed by atoms with E-state index in [1.54, 1.807) is 0 Å². The van der Waals surface area contributed by atoms with Gasteiger partial charge in [0.1, 0.15) is 0 Å². The number of hydrogen-bond acceptors (Lipinski definition) is 7. The number of nitrogens with two attached hydrogens (primary N) is 1. The molecule has 0 amide bonds. The normalized spacial score (nSPS) is 11.1. The van der Waals surface area contributed by atoms with Crippen molar-refractivity contribution in [1.82, 2.24) is 9.97 Å². The van der Waals surface area contributed by atoms with Gasteiger partial charge in [-0.3, -0.25) is 4.72 Å². The van der Waals surface area contributed by atoms with Crippen LogP contribution in [0.4, 0.5) is 5.95 Å². The maximum Gasteiger partial charge on any atom is 0.243 e. The molecule has 9 heteroatoms. The zero-order valence-corrected chi connectivity index (χ0v) is 11.0. The molecule has 0 fully saturated rings. The summed E-state index contributed by atoms with van der Waals surface area (Å²) >= 11 is 0. The van der Waals surface area contributed by atoms with Gasteiger partial charge in [-0.25, -0.2) is 8.42 Å². The van der Waals surface area contributed by atoms with Crippen molar-refractivity contribution in [2.24, 2.45) is 5.73 Å². The minimum Gasteiger partial charge on any atom is -0.481 e. The summed E-state index contributed by atoms with van der Waals surface area (Å²) in [4.78, 5) is 7.72. The molecule has 0 saturated carbocycles. The summed E-state index contributed by atoms with van der Waals surface area (Å²) < 4.78 is 35.3. The van der Waals surface area contributed by atoms with Gasteiger partial charge in [-0.1, -0.05) is 0 Å². The summed E-state index contributed by atoms with van der Waals surface area (Å²) in [6, 6.07) is 1.44. The van der Waals surface area contributed by atoms with Crippen molar-refractivity contribution in [1.29, 1.82) is 0 Å². The van der Waals surface area contributed by atoms with Crippen molar-refractivity contribution >= 4 is 16.0 Å². The van der Waals surface area contributed by atoms with Crippen LogP contribution in [0.25, 0.3) is 0 Å². The predicted octanol–water partition coefficient (Wildman–Crippen LogP) is -0.416. The Hall–Kier alpha value is -1.61. The molecule has 0 aromatic carbocycles. The number of nitrogens with one attached hydrogen (secondary N) is 1. The molecule has 0 aliphatic rings. The van der Waals surface area contributed by atoms with Crippen LogP contribution >= 0.6 is 0 Å². The van der Waals surface area contributed by atoms with E-state index in [0.717, 1.165) is 0 Å². The summed E-state index contributed by atoms with van der Waals surface area (Å²) in [5, 5.41) is 0. The van der Waals surface area contributed by atoms with Gasteiger partial charge in [0.2, 0.25) is 27.7 Å². The second-order valence-corrected chi connectivity index (χ2v) is 5.18. The summed E-state index contributed by atoms with van der Waals surface area (Å²) in [6.45, 7) is 0.295. The Bertz CT molecular complexity index is 469. The highest BCUT2D eigenvalue weighted by molar-refractivity contribution is 7.92. The fraction of sp³-hybridized carbons (Fsp3) is 0.556. The van der Waals surface area contributed by atoms with Gasteiger partial charge in [0.05, 0.1) is 26.0 Å². The first kappa shape index (κ1) is 14.5. The van der Waals surface area contributed by atoms with Gasteiger partial charge in [-0.15, -0.1) is 0 Å². The Balaban J connectivity index is 2.89. The molecule has 1 aromatic rings. The quantitative estimate of drug-likeness (QED) is 0.695. The van der Waals surface area contributed by atoms with E-state index in [9.17, 15) is 8.42 Å². The van der Waals surface area contributed by atoms with Gasteiger partial charge in [-0.2, -0.15) is 9.97 Å². The largest absolute Gasteiger partial charge is 0.481 e. The fourth-order valence-corrected chi connectivity index (χ4v) is 2.14. The lowest BCUT2D eigenvalue weighted by molar-refractivity contribution is 0.373. The van der Waals surface area contributed by atoms with Crippen molar-refractivity contribution < 1.29 is 17.9 Å². The SMILES string of the molecule is COc1cc(OC)nc(NS(=O)(=O)CCCN)n1. The van der Waals surface area contributed by atoms with Crippen LogP contribution in [0, 0.1) is 0 Å². The average molecular weight is 276 g/mol. The first-order chi connectivity index (χ1) is 8.50. The first-order valence-corrected chi connectivity index (χ1v) is 6.83. The van der Waals surface area contributed by atoms with E-state index < -0.39 is 10.0 Å². The van der Waals surface area contributed by atoms with Gasteiger partial charge >= 0.3 is 0 Å². The number of nitrogens with zero attached hydrogens (tertiary/aromatic N) is 2. The van der Waals surface area contributed by atoms with E-state index in [2.05, 4.69) is 14.7 Å². The van der Waals surface area contributed by atoms with E-state index in [4.69, 9.17) is 15.2 Å².